The minimum absolute atomic E-state index is 0.0421. The zero-order chi connectivity index (χ0) is 13.6. The molecular formula is C13H20FNO3. The molecule has 4 nitrogen and oxygen atoms in total. The van der Waals surface area contributed by atoms with Gasteiger partial charge in [0.25, 0.3) is 0 Å². The van der Waals surface area contributed by atoms with Crippen molar-refractivity contribution >= 4 is 0 Å². The number of benzene rings is 1. The summed E-state index contributed by atoms with van der Waals surface area (Å²) in [5.74, 6) is -0.351. The van der Waals surface area contributed by atoms with E-state index in [-0.39, 0.29) is 5.75 Å². The van der Waals surface area contributed by atoms with Crippen LogP contribution >= 0.6 is 0 Å². The second-order valence-electron chi connectivity index (χ2n) is 4.62. The molecular weight excluding hydrogens is 237 g/mol. The molecule has 3 N–H and O–H groups in total. The summed E-state index contributed by atoms with van der Waals surface area (Å²) in [5.41, 5.74) is -0.420. The van der Waals surface area contributed by atoms with E-state index in [1.54, 1.807) is 14.0 Å². The predicted molar refractivity (Wildman–Crippen MR) is 66.9 cm³/mol. The van der Waals surface area contributed by atoms with E-state index >= 15 is 0 Å². The summed E-state index contributed by atoms with van der Waals surface area (Å²) in [5, 5.41) is 22.5. The Hall–Kier alpha value is -1.17. The Bertz CT molecular complexity index is 382. The number of aromatic hydroxyl groups is 1. The molecule has 0 aliphatic rings. The normalized spacial score (nSPS) is 14.4. The van der Waals surface area contributed by atoms with Crippen LogP contribution in [0.5, 0.6) is 5.75 Å². The molecule has 102 valence electrons. The minimum Gasteiger partial charge on any atom is -0.508 e. The molecule has 0 radical (unpaired) electrons. The van der Waals surface area contributed by atoms with Crippen LogP contribution in [-0.4, -0.2) is 36.1 Å². The standard InChI is InChI=1S/C13H20FNO3/c1-13(17,5-6-18-2)9-15-8-10-7-11(14)3-4-12(10)16/h3-4,7,15-17H,5-6,8-9H2,1-2H3. The van der Waals surface area contributed by atoms with Crippen molar-refractivity contribution in [3.8, 4) is 5.75 Å². The van der Waals surface area contributed by atoms with Crippen LogP contribution in [0.15, 0.2) is 18.2 Å². The highest BCUT2D eigenvalue weighted by Crippen LogP contribution is 2.17. The van der Waals surface area contributed by atoms with Crippen LogP contribution in [0.3, 0.4) is 0 Å². The van der Waals surface area contributed by atoms with Crippen LogP contribution in [0.4, 0.5) is 4.39 Å². The number of phenols is 1. The van der Waals surface area contributed by atoms with Gasteiger partial charge in [-0.05, 0) is 25.1 Å². The molecule has 1 aromatic rings. The van der Waals surface area contributed by atoms with E-state index in [0.717, 1.165) is 0 Å². The first kappa shape index (κ1) is 14.9. The summed E-state index contributed by atoms with van der Waals surface area (Å²) >= 11 is 0. The van der Waals surface area contributed by atoms with Gasteiger partial charge in [-0.25, -0.2) is 4.39 Å². The van der Waals surface area contributed by atoms with E-state index in [0.29, 0.717) is 31.7 Å². The maximum absolute atomic E-state index is 13.0. The predicted octanol–water partition coefficient (Wildman–Crippen LogP) is 1.41. The Morgan fingerprint density at radius 2 is 2.17 bits per heavy atom. The van der Waals surface area contributed by atoms with Crippen molar-refractivity contribution in [1.29, 1.82) is 0 Å². The summed E-state index contributed by atoms with van der Waals surface area (Å²) < 4.78 is 17.9. The largest absolute Gasteiger partial charge is 0.508 e. The molecule has 18 heavy (non-hydrogen) atoms. The average molecular weight is 257 g/mol. The number of phenolic OH excluding ortho intramolecular Hbond substituents is 1. The fraction of sp³-hybridized carbons (Fsp3) is 0.538. The van der Waals surface area contributed by atoms with E-state index in [4.69, 9.17) is 4.74 Å². The number of aliphatic hydroxyl groups is 1. The molecule has 1 rings (SSSR count). The van der Waals surface area contributed by atoms with Crippen LogP contribution in [0.25, 0.3) is 0 Å². The lowest BCUT2D eigenvalue weighted by molar-refractivity contribution is 0.0247. The van der Waals surface area contributed by atoms with Crippen LogP contribution < -0.4 is 5.32 Å². The van der Waals surface area contributed by atoms with E-state index in [9.17, 15) is 14.6 Å². The number of ether oxygens (including phenoxy) is 1. The Morgan fingerprint density at radius 3 is 2.83 bits per heavy atom. The van der Waals surface area contributed by atoms with Crippen molar-refractivity contribution in [2.75, 3.05) is 20.3 Å². The van der Waals surface area contributed by atoms with Crippen molar-refractivity contribution in [3.05, 3.63) is 29.6 Å². The van der Waals surface area contributed by atoms with Gasteiger partial charge in [-0.15, -0.1) is 0 Å². The Kier molecular flexibility index (Phi) is 5.53. The minimum atomic E-state index is -0.890. The topological polar surface area (TPSA) is 61.7 Å². The highest BCUT2D eigenvalue weighted by atomic mass is 19.1. The summed E-state index contributed by atoms with van der Waals surface area (Å²) in [6.45, 7) is 2.81. The maximum Gasteiger partial charge on any atom is 0.123 e. The first-order valence-corrected chi connectivity index (χ1v) is 5.84. The molecule has 0 amide bonds. The van der Waals surface area contributed by atoms with Crippen LogP contribution in [0, 0.1) is 5.82 Å². The molecule has 0 fully saturated rings. The number of hydrogen-bond acceptors (Lipinski definition) is 4. The van der Waals surface area contributed by atoms with Gasteiger partial charge in [-0.3, -0.25) is 0 Å². The highest BCUT2D eigenvalue weighted by Gasteiger charge is 2.19. The zero-order valence-electron chi connectivity index (χ0n) is 10.7. The fourth-order valence-corrected chi connectivity index (χ4v) is 1.57. The molecule has 5 heteroatoms. The lowest BCUT2D eigenvalue weighted by Gasteiger charge is -2.23. The number of methoxy groups -OCH3 is 1. The van der Waals surface area contributed by atoms with E-state index < -0.39 is 11.4 Å². The van der Waals surface area contributed by atoms with Gasteiger partial charge < -0.3 is 20.3 Å². The van der Waals surface area contributed by atoms with Crippen LogP contribution in [-0.2, 0) is 11.3 Å². The van der Waals surface area contributed by atoms with Crippen molar-refractivity contribution in [2.24, 2.45) is 0 Å². The van der Waals surface area contributed by atoms with Gasteiger partial charge >= 0.3 is 0 Å². The average Bonchev–Trinajstić information content (AvgIpc) is 2.31. The van der Waals surface area contributed by atoms with E-state index in [1.807, 2.05) is 0 Å². The molecule has 1 aromatic carbocycles. The van der Waals surface area contributed by atoms with Gasteiger partial charge in [-0.2, -0.15) is 0 Å². The van der Waals surface area contributed by atoms with Crippen molar-refractivity contribution in [2.45, 2.75) is 25.5 Å². The first-order chi connectivity index (χ1) is 8.44. The van der Waals surface area contributed by atoms with Gasteiger partial charge in [0.1, 0.15) is 11.6 Å². The summed E-state index contributed by atoms with van der Waals surface area (Å²) in [4.78, 5) is 0. The van der Waals surface area contributed by atoms with Gasteiger partial charge in [0.2, 0.25) is 0 Å². The SMILES string of the molecule is COCCC(C)(O)CNCc1cc(F)ccc1O. The molecule has 0 aliphatic heterocycles. The number of nitrogens with one attached hydrogen (secondary N) is 1. The van der Waals surface area contributed by atoms with Crippen molar-refractivity contribution in [1.82, 2.24) is 5.32 Å². The third-order valence-corrected chi connectivity index (χ3v) is 2.71. The number of halogens is 1. The second kappa shape index (κ2) is 6.68. The molecule has 0 heterocycles. The fourth-order valence-electron chi connectivity index (χ4n) is 1.57. The van der Waals surface area contributed by atoms with Crippen LogP contribution in [0.1, 0.15) is 18.9 Å². The smallest absolute Gasteiger partial charge is 0.123 e. The summed E-state index contributed by atoms with van der Waals surface area (Å²) in [7, 11) is 1.58. The summed E-state index contributed by atoms with van der Waals surface area (Å²) in [6.07, 6.45) is 0.506. The molecule has 0 aromatic heterocycles. The third kappa shape index (κ3) is 5.00. The second-order valence-corrected chi connectivity index (χ2v) is 4.62. The quantitative estimate of drug-likeness (QED) is 0.691. The van der Waals surface area contributed by atoms with Gasteiger partial charge in [-0.1, -0.05) is 0 Å². The van der Waals surface area contributed by atoms with E-state index in [2.05, 4.69) is 5.32 Å². The molecule has 1 atom stereocenters. The monoisotopic (exact) mass is 257 g/mol. The third-order valence-electron chi connectivity index (χ3n) is 2.71. The Balaban J connectivity index is 2.43. The first-order valence-electron chi connectivity index (χ1n) is 5.84. The Morgan fingerprint density at radius 1 is 1.44 bits per heavy atom. The maximum atomic E-state index is 13.0. The summed E-state index contributed by atoms with van der Waals surface area (Å²) in [6, 6.07) is 3.79. The number of rotatable bonds is 7. The highest BCUT2D eigenvalue weighted by molar-refractivity contribution is 5.32. The lowest BCUT2D eigenvalue weighted by Crippen LogP contribution is -2.38. The molecule has 0 saturated heterocycles. The molecule has 0 spiro atoms. The van der Waals surface area contributed by atoms with Gasteiger partial charge in [0.05, 0.1) is 5.60 Å². The van der Waals surface area contributed by atoms with Gasteiger partial charge in [0, 0.05) is 38.8 Å². The lowest BCUT2D eigenvalue weighted by atomic mass is 10.0. The van der Waals surface area contributed by atoms with Crippen molar-refractivity contribution in [3.63, 3.8) is 0 Å². The molecule has 0 bridgehead atoms. The Labute approximate surface area is 106 Å². The molecule has 1 unspecified atom stereocenters. The molecule has 0 saturated carbocycles. The zero-order valence-corrected chi connectivity index (χ0v) is 10.7. The van der Waals surface area contributed by atoms with Gasteiger partial charge in [0.15, 0.2) is 0 Å². The van der Waals surface area contributed by atoms with E-state index in [1.165, 1.54) is 18.2 Å². The van der Waals surface area contributed by atoms with Crippen LogP contribution in [0.2, 0.25) is 0 Å². The van der Waals surface area contributed by atoms with Crippen molar-refractivity contribution < 1.29 is 19.3 Å². The number of hydrogen-bond donors (Lipinski definition) is 3. The molecule has 0 aliphatic carbocycles.